The average Bonchev–Trinajstić information content (AvgIpc) is 2.70. The Morgan fingerprint density at radius 3 is 2.61 bits per heavy atom. The first-order chi connectivity index (χ1) is 13.5. The SMILES string of the molecule is CC(C)C(NC(=O)c1ccc2c(c1)CCC(=O)N2)c1ccc2c(c1)OCCO2. The van der Waals surface area contributed by atoms with Crippen molar-refractivity contribution in [3.05, 3.63) is 53.1 Å². The minimum Gasteiger partial charge on any atom is -0.486 e. The molecule has 0 bridgehead atoms. The topological polar surface area (TPSA) is 76.7 Å². The zero-order valence-corrected chi connectivity index (χ0v) is 16.1. The van der Waals surface area contributed by atoms with Gasteiger partial charge in [-0.1, -0.05) is 19.9 Å². The highest BCUT2D eigenvalue weighted by Gasteiger charge is 2.23. The summed E-state index contributed by atoms with van der Waals surface area (Å²) in [5.41, 5.74) is 3.36. The van der Waals surface area contributed by atoms with Gasteiger partial charge in [0.25, 0.3) is 5.91 Å². The second kappa shape index (κ2) is 7.54. The highest BCUT2D eigenvalue weighted by molar-refractivity contribution is 5.98. The number of aryl methyl sites for hydroxylation is 1. The molecule has 2 N–H and O–H groups in total. The van der Waals surface area contributed by atoms with Gasteiger partial charge in [-0.25, -0.2) is 0 Å². The number of fused-ring (bicyclic) bond motifs is 2. The van der Waals surface area contributed by atoms with Gasteiger partial charge in [-0.3, -0.25) is 9.59 Å². The fourth-order valence-corrected chi connectivity index (χ4v) is 3.64. The van der Waals surface area contributed by atoms with E-state index < -0.39 is 0 Å². The number of hydrogen-bond acceptors (Lipinski definition) is 4. The molecule has 0 saturated carbocycles. The predicted octanol–water partition coefficient (Wildman–Crippen LogP) is 3.47. The number of ether oxygens (including phenoxy) is 2. The minimum absolute atomic E-state index is 0.0168. The molecule has 0 aliphatic carbocycles. The molecule has 6 heteroatoms. The lowest BCUT2D eigenvalue weighted by Gasteiger charge is -2.26. The van der Waals surface area contributed by atoms with E-state index in [0.717, 1.165) is 22.6 Å². The Kier molecular flexibility index (Phi) is 4.94. The van der Waals surface area contributed by atoms with Crippen molar-refractivity contribution in [1.82, 2.24) is 5.32 Å². The van der Waals surface area contributed by atoms with E-state index in [2.05, 4.69) is 24.5 Å². The summed E-state index contributed by atoms with van der Waals surface area (Å²) in [7, 11) is 0. The van der Waals surface area contributed by atoms with E-state index >= 15 is 0 Å². The molecular weight excluding hydrogens is 356 g/mol. The van der Waals surface area contributed by atoms with Crippen LogP contribution in [0.5, 0.6) is 11.5 Å². The summed E-state index contributed by atoms with van der Waals surface area (Å²) in [6, 6.07) is 11.1. The molecule has 28 heavy (non-hydrogen) atoms. The highest BCUT2D eigenvalue weighted by Crippen LogP contribution is 2.34. The zero-order chi connectivity index (χ0) is 19.7. The van der Waals surface area contributed by atoms with Crippen molar-refractivity contribution in [1.29, 1.82) is 0 Å². The van der Waals surface area contributed by atoms with Crippen LogP contribution >= 0.6 is 0 Å². The molecular formula is C22H24N2O4. The first kappa shape index (κ1) is 18.3. The van der Waals surface area contributed by atoms with Crippen LogP contribution in [0.4, 0.5) is 5.69 Å². The Morgan fingerprint density at radius 2 is 1.82 bits per heavy atom. The fourth-order valence-electron chi connectivity index (χ4n) is 3.64. The van der Waals surface area contributed by atoms with Gasteiger partial charge >= 0.3 is 0 Å². The van der Waals surface area contributed by atoms with Crippen molar-refractivity contribution >= 4 is 17.5 Å². The van der Waals surface area contributed by atoms with Gasteiger partial charge in [-0.05, 0) is 53.8 Å². The van der Waals surface area contributed by atoms with Gasteiger partial charge in [0.1, 0.15) is 13.2 Å². The van der Waals surface area contributed by atoms with Crippen molar-refractivity contribution in [3.8, 4) is 11.5 Å². The smallest absolute Gasteiger partial charge is 0.251 e. The Bertz CT molecular complexity index is 923. The predicted molar refractivity (Wildman–Crippen MR) is 106 cm³/mol. The molecule has 2 aliphatic heterocycles. The number of carbonyl (C=O) groups is 2. The summed E-state index contributed by atoms with van der Waals surface area (Å²) >= 11 is 0. The van der Waals surface area contributed by atoms with Crippen molar-refractivity contribution < 1.29 is 19.1 Å². The molecule has 2 amide bonds. The zero-order valence-electron chi connectivity index (χ0n) is 16.1. The van der Waals surface area contributed by atoms with Gasteiger partial charge in [0, 0.05) is 17.7 Å². The Labute approximate surface area is 164 Å². The van der Waals surface area contributed by atoms with E-state index in [0.29, 0.717) is 37.4 Å². The summed E-state index contributed by atoms with van der Waals surface area (Å²) in [6.45, 7) is 5.23. The standard InChI is InChI=1S/C22H24N2O4/c1-13(2)21(15-4-7-18-19(12-15)28-10-9-27-18)24-22(26)16-3-6-17-14(11-16)5-8-20(25)23-17/h3-4,6-7,11-13,21H,5,8-10H2,1-2H3,(H,23,25)(H,24,26). The largest absolute Gasteiger partial charge is 0.486 e. The second-order valence-electron chi connectivity index (χ2n) is 7.52. The lowest BCUT2D eigenvalue weighted by atomic mass is 9.94. The average molecular weight is 380 g/mol. The highest BCUT2D eigenvalue weighted by atomic mass is 16.6. The Hall–Kier alpha value is -3.02. The van der Waals surface area contributed by atoms with Gasteiger partial charge in [-0.2, -0.15) is 0 Å². The molecule has 0 aromatic heterocycles. The van der Waals surface area contributed by atoms with Crippen molar-refractivity contribution in [2.75, 3.05) is 18.5 Å². The molecule has 1 atom stereocenters. The van der Waals surface area contributed by atoms with Crippen LogP contribution in [0.3, 0.4) is 0 Å². The van der Waals surface area contributed by atoms with Gasteiger partial charge < -0.3 is 20.1 Å². The lowest BCUT2D eigenvalue weighted by Crippen LogP contribution is -2.32. The molecule has 1 unspecified atom stereocenters. The molecule has 0 fully saturated rings. The van der Waals surface area contributed by atoms with Gasteiger partial charge in [0.15, 0.2) is 11.5 Å². The maximum Gasteiger partial charge on any atom is 0.251 e. The monoisotopic (exact) mass is 380 g/mol. The van der Waals surface area contributed by atoms with Crippen LogP contribution < -0.4 is 20.1 Å². The van der Waals surface area contributed by atoms with Crippen LogP contribution in [0.15, 0.2) is 36.4 Å². The summed E-state index contributed by atoms with van der Waals surface area (Å²) in [6.07, 6.45) is 1.10. The molecule has 2 aliphatic rings. The fraction of sp³-hybridized carbons (Fsp3) is 0.364. The van der Waals surface area contributed by atoms with Gasteiger partial charge in [0.2, 0.25) is 5.91 Å². The van der Waals surface area contributed by atoms with E-state index in [1.54, 1.807) is 12.1 Å². The minimum atomic E-state index is -0.154. The number of nitrogens with one attached hydrogen (secondary N) is 2. The normalized spacial score (nSPS) is 16.2. The maximum atomic E-state index is 12.9. The quantitative estimate of drug-likeness (QED) is 0.852. The van der Waals surface area contributed by atoms with E-state index in [4.69, 9.17) is 9.47 Å². The van der Waals surface area contributed by atoms with Crippen LogP contribution in [-0.2, 0) is 11.2 Å². The Morgan fingerprint density at radius 1 is 1.04 bits per heavy atom. The number of hydrogen-bond donors (Lipinski definition) is 2. The van der Waals surface area contributed by atoms with Crippen molar-refractivity contribution in [3.63, 3.8) is 0 Å². The molecule has 2 aromatic carbocycles. The second-order valence-corrected chi connectivity index (χ2v) is 7.52. The van der Waals surface area contributed by atoms with Crippen LogP contribution in [0, 0.1) is 5.92 Å². The van der Waals surface area contributed by atoms with E-state index in [9.17, 15) is 9.59 Å². The Balaban J connectivity index is 1.55. The lowest BCUT2D eigenvalue weighted by molar-refractivity contribution is -0.116. The van der Waals surface area contributed by atoms with Crippen LogP contribution in [0.25, 0.3) is 0 Å². The first-order valence-electron chi connectivity index (χ1n) is 9.64. The summed E-state index contributed by atoms with van der Waals surface area (Å²) in [4.78, 5) is 24.4. The molecule has 6 nitrogen and oxygen atoms in total. The third-order valence-corrected chi connectivity index (χ3v) is 5.14. The number of anilines is 1. The van der Waals surface area contributed by atoms with E-state index in [1.807, 2.05) is 24.3 Å². The first-order valence-corrected chi connectivity index (χ1v) is 9.64. The molecule has 146 valence electrons. The third-order valence-electron chi connectivity index (χ3n) is 5.14. The number of amides is 2. The van der Waals surface area contributed by atoms with Crippen LogP contribution in [-0.4, -0.2) is 25.0 Å². The molecule has 2 aromatic rings. The molecule has 2 heterocycles. The summed E-state index contributed by atoms with van der Waals surface area (Å²) in [5.74, 6) is 1.54. The molecule has 0 saturated heterocycles. The summed E-state index contributed by atoms with van der Waals surface area (Å²) < 4.78 is 11.3. The van der Waals surface area contributed by atoms with Gasteiger partial charge in [0.05, 0.1) is 6.04 Å². The van der Waals surface area contributed by atoms with E-state index in [-0.39, 0.29) is 23.8 Å². The number of benzene rings is 2. The van der Waals surface area contributed by atoms with Crippen molar-refractivity contribution in [2.45, 2.75) is 32.7 Å². The molecule has 0 spiro atoms. The molecule has 4 rings (SSSR count). The van der Waals surface area contributed by atoms with Crippen LogP contribution in [0.1, 0.15) is 47.8 Å². The van der Waals surface area contributed by atoms with Crippen LogP contribution in [0.2, 0.25) is 0 Å². The molecule has 0 radical (unpaired) electrons. The summed E-state index contributed by atoms with van der Waals surface area (Å²) in [5, 5.41) is 5.99. The van der Waals surface area contributed by atoms with Crippen molar-refractivity contribution in [2.24, 2.45) is 5.92 Å². The number of rotatable bonds is 4. The number of carbonyl (C=O) groups excluding carboxylic acids is 2. The van der Waals surface area contributed by atoms with Gasteiger partial charge in [-0.15, -0.1) is 0 Å². The maximum absolute atomic E-state index is 12.9. The van der Waals surface area contributed by atoms with E-state index in [1.165, 1.54) is 0 Å². The third kappa shape index (κ3) is 3.67.